The molecule has 0 radical (unpaired) electrons. The van der Waals surface area contributed by atoms with Gasteiger partial charge in [0.15, 0.2) is 11.6 Å². The molecule has 0 saturated heterocycles. The molecule has 1 aliphatic heterocycles. The minimum absolute atomic E-state index is 0.0871. The van der Waals surface area contributed by atoms with Gasteiger partial charge in [-0.2, -0.15) is 0 Å². The molecule has 0 bridgehead atoms. The highest BCUT2D eigenvalue weighted by Crippen LogP contribution is 2.32. The number of carbonyl (C=O) groups excluding carboxylic acids is 1. The molecule has 19 heavy (non-hydrogen) atoms. The molecule has 2 nitrogen and oxygen atoms in total. The van der Waals surface area contributed by atoms with Crippen LogP contribution in [0.4, 0.5) is 18.9 Å². The lowest BCUT2D eigenvalue weighted by molar-refractivity contribution is -0.115. The van der Waals surface area contributed by atoms with E-state index in [1.54, 1.807) is 6.07 Å². The Morgan fingerprint density at radius 3 is 2.37 bits per heavy atom. The molecule has 0 saturated carbocycles. The van der Waals surface area contributed by atoms with Gasteiger partial charge < -0.3 is 5.32 Å². The molecule has 3 rings (SSSR count). The maximum Gasteiger partial charge on any atom is 0.228 e. The monoisotopic (exact) mass is 263 g/mol. The van der Waals surface area contributed by atoms with Crippen molar-refractivity contribution in [3.63, 3.8) is 0 Å². The molecule has 1 amide bonds. The summed E-state index contributed by atoms with van der Waals surface area (Å²) in [6.45, 7) is 0. The van der Waals surface area contributed by atoms with E-state index in [0.717, 1.165) is 12.1 Å². The van der Waals surface area contributed by atoms with Gasteiger partial charge in [-0.3, -0.25) is 4.79 Å². The van der Waals surface area contributed by atoms with E-state index in [4.69, 9.17) is 0 Å². The summed E-state index contributed by atoms with van der Waals surface area (Å²) >= 11 is 0. The van der Waals surface area contributed by atoms with Crippen molar-refractivity contribution in [2.45, 2.75) is 6.42 Å². The van der Waals surface area contributed by atoms with E-state index < -0.39 is 17.5 Å². The van der Waals surface area contributed by atoms with E-state index in [1.165, 1.54) is 12.1 Å². The zero-order chi connectivity index (χ0) is 13.6. The lowest BCUT2D eigenvalue weighted by atomic mass is 10.0. The van der Waals surface area contributed by atoms with Crippen molar-refractivity contribution in [1.29, 1.82) is 0 Å². The van der Waals surface area contributed by atoms with Crippen LogP contribution in [0.2, 0.25) is 0 Å². The van der Waals surface area contributed by atoms with Gasteiger partial charge in [-0.15, -0.1) is 0 Å². The van der Waals surface area contributed by atoms with Crippen LogP contribution in [0, 0.1) is 17.5 Å². The minimum Gasteiger partial charge on any atom is -0.323 e. The highest BCUT2D eigenvalue weighted by Gasteiger charge is 2.22. The van der Waals surface area contributed by atoms with E-state index >= 15 is 0 Å². The van der Waals surface area contributed by atoms with Crippen LogP contribution in [-0.4, -0.2) is 5.91 Å². The number of fused-ring (bicyclic) bond motifs is 1. The Bertz CT molecular complexity index is 697. The van der Waals surface area contributed by atoms with Crippen molar-refractivity contribution in [2.75, 3.05) is 5.32 Å². The zero-order valence-corrected chi connectivity index (χ0v) is 9.64. The molecule has 96 valence electrons. The number of nitrogens with one attached hydrogen (secondary N) is 1. The molecule has 1 heterocycles. The second-order valence-corrected chi connectivity index (χ2v) is 4.35. The fourth-order valence-electron chi connectivity index (χ4n) is 2.14. The van der Waals surface area contributed by atoms with Gasteiger partial charge in [0.25, 0.3) is 0 Å². The number of carbonyl (C=O) groups is 1. The summed E-state index contributed by atoms with van der Waals surface area (Å²) in [7, 11) is 0. The normalized spacial score (nSPS) is 13.3. The lowest BCUT2D eigenvalue weighted by Gasteiger charge is -2.06. The van der Waals surface area contributed by atoms with Crippen LogP contribution in [-0.2, 0) is 11.2 Å². The fourth-order valence-corrected chi connectivity index (χ4v) is 2.14. The lowest BCUT2D eigenvalue weighted by Crippen LogP contribution is -2.04. The number of halogens is 3. The third kappa shape index (κ3) is 1.97. The molecule has 2 aromatic carbocycles. The Hall–Kier alpha value is -2.30. The van der Waals surface area contributed by atoms with Crippen molar-refractivity contribution in [3.8, 4) is 11.1 Å². The van der Waals surface area contributed by atoms with Crippen LogP contribution in [0.5, 0.6) is 0 Å². The van der Waals surface area contributed by atoms with Crippen molar-refractivity contribution in [2.24, 2.45) is 0 Å². The number of amides is 1. The van der Waals surface area contributed by atoms with Crippen molar-refractivity contribution >= 4 is 11.6 Å². The van der Waals surface area contributed by atoms with Crippen molar-refractivity contribution < 1.29 is 18.0 Å². The van der Waals surface area contributed by atoms with Crippen LogP contribution in [0.25, 0.3) is 11.1 Å². The highest BCUT2D eigenvalue weighted by atomic mass is 19.2. The average Bonchev–Trinajstić information content (AvgIpc) is 2.74. The second-order valence-electron chi connectivity index (χ2n) is 4.35. The van der Waals surface area contributed by atoms with Gasteiger partial charge in [0.05, 0.1) is 12.1 Å². The van der Waals surface area contributed by atoms with Crippen LogP contribution < -0.4 is 5.32 Å². The molecule has 0 fully saturated rings. The first-order chi connectivity index (χ1) is 9.04. The predicted octanol–water partition coefficient (Wildman–Crippen LogP) is 3.27. The molecule has 0 unspecified atom stereocenters. The molecule has 0 aromatic heterocycles. The van der Waals surface area contributed by atoms with Crippen LogP contribution in [0.3, 0.4) is 0 Å². The molecule has 0 aliphatic carbocycles. The van der Waals surface area contributed by atoms with Gasteiger partial charge in [0.2, 0.25) is 5.91 Å². The van der Waals surface area contributed by atoms with Gasteiger partial charge in [0.1, 0.15) is 5.82 Å². The van der Waals surface area contributed by atoms with E-state index in [0.29, 0.717) is 16.7 Å². The first kappa shape index (κ1) is 11.8. The topological polar surface area (TPSA) is 29.1 Å². The summed E-state index contributed by atoms with van der Waals surface area (Å²) in [6.07, 6.45) is 0.0871. The number of hydrogen-bond acceptors (Lipinski definition) is 1. The Morgan fingerprint density at radius 1 is 0.895 bits per heavy atom. The first-order valence-corrected chi connectivity index (χ1v) is 5.62. The Kier molecular flexibility index (Phi) is 2.55. The maximum absolute atomic E-state index is 13.8. The summed E-state index contributed by atoms with van der Waals surface area (Å²) in [6, 6.07) is 6.14. The number of hydrogen-bond donors (Lipinski definition) is 1. The molecule has 0 atom stereocenters. The average molecular weight is 263 g/mol. The van der Waals surface area contributed by atoms with Crippen molar-refractivity contribution in [1.82, 2.24) is 0 Å². The van der Waals surface area contributed by atoms with Gasteiger partial charge in [-0.1, -0.05) is 6.07 Å². The van der Waals surface area contributed by atoms with Gasteiger partial charge in [-0.05, 0) is 41.0 Å². The third-order valence-electron chi connectivity index (χ3n) is 3.04. The number of benzene rings is 2. The van der Waals surface area contributed by atoms with Crippen LogP contribution in [0.1, 0.15) is 5.56 Å². The summed E-state index contributed by atoms with van der Waals surface area (Å²) in [5.74, 6) is -2.81. The summed E-state index contributed by atoms with van der Waals surface area (Å²) in [4.78, 5) is 11.2. The highest BCUT2D eigenvalue weighted by molar-refractivity contribution is 5.99. The molecular weight excluding hydrogens is 255 g/mol. The van der Waals surface area contributed by atoms with Gasteiger partial charge in [0, 0.05) is 0 Å². The van der Waals surface area contributed by atoms with Crippen molar-refractivity contribution in [3.05, 3.63) is 53.3 Å². The van der Waals surface area contributed by atoms with E-state index in [9.17, 15) is 18.0 Å². The summed E-state index contributed by atoms with van der Waals surface area (Å²) < 4.78 is 39.8. The standard InChI is InChI=1S/C14H8F3NO/c15-10-2-1-7(4-11(10)16)8-3-9-6-13(19)18-14(9)12(17)5-8/h1-5H,6H2,(H,18,19). The molecule has 5 heteroatoms. The molecule has 0 spiro atoms. The third-order valence-corrected chi connectivity index (χ3v) is 3.04. The smallest absolute Gasteiger partial charge is 0.228 e. The Morgan fingerprint density at radius 2 is 1.63 bits per heavy atom. The quantitative estimate of drug-likeness (QED) is 0.840. The SMILES string of the molecule is O=C1Cc2cc(-c3ccc(F)c(F)c3)cc(F)c2N1. The predicted molar refractivity (Wildman–Crippen MR) is 64.1 cm³/mol. The molecule has 1 aliphatic rings. The summed E-state index contributed by atoms with van der Waals surface area (Å²) in [5, 5.41) is 2.42. The molecule has 1 N–H and O–H groups in total. The number of anilines is 1. The Labute approximate surface area is 106 Å². The van der Waals surface area contributed by atoms with Crippen LogP contribution in [0.15, 0.2) is 30.3 Å². The largest absolute Gasteiger partial charge is 0.323 e. The van der Waals surface area contributed by atoms with E-state index in [1.807, 2.05) is 0 Å². The second kappa shape index (κ2) is 4.12. The first-order valence-electron chi connectivity index (χ1n) is 5.62. The fraction of sp³-hybridized carbons (Fsp3) is 0.0714. The molecule has 2 aromatic rings. The zero-order valence-electron chi connectivity index (χ0n) is 9.64. The van der Waals surface area contributed by atoms with E-state index in [-0.39, 0.29) is 18.0 Å². The molecular formula is C14H8F3NO. The van der Waals surface area contributed by atoms with Gasteiger partial charge in [-0.25, -0.2) is 13.2 Å². The van der Waals surface area contributed by atoms with E-state index in [2.05, 4.69) is 5.32 Å². The maximum atomic E-state index is 13.8. The summed E-state index contributed by atoms with van der Waals surface area (Å²) in [5.41, 5.74) is 1.45. The minimum atomic E-state index is -0.993. The van der Waals surface area contributed by atoms with Gasteiger partial charge >= 0.3 is 0 Å². The number of rotatable bonds is 1. The van der Waals surface area contributed by atoms with Crippen LogP contribution >= 0.6 is 0 Å². The Balaban J connectivity index is 2.12.